The highest BCUT2D eigenvalue weighted by atomic mass is 16.5. The summed E-state index contributed by atoms with van der Waals surface area (Å²) in [6.07, 6.45) is 14.3. The van der Waals surface area contributed by atoms with E-state index in [1.165, 1.54) is 0 Å². The highest BCUT2D eigenvalue weighted by Crippen LogP contribution is 2.09. The fourth-order valence-corrected chi connectivity index (χ4v) is 1.93. The molecule has 2 heterocycles. The van der Waals surface area contributed by atoms with Crippen molar-refractivity contribution >= 4 is 11.8 Å². The molecule has 0 bridgehead atoms. The van der Waals surface area contributed by atoms with Gasteiger partial charge in [-0.05, 0) is 38.1 Å². The monoisotopic (exact) mass is 307 g/mol. The van der Waals surface area contributed by atoms with Gasteiger partial charge < -0.3 is 9.64 Å². The quantitative estimate of drug-likeness (QED) is 0.435. The minimum Gasteiger partial charge on any atom is -0.476 e. The van der Waals surface area contributed by atoms with E-state index < -0.39 is 0 Å². The van der Waals surface area contributed by atoms with Crippen LogP contribution in [0.15, 0.2) is 78.2 Å². The Morgan fingerprint density at radius 2 is 2.43 bits per heavy atom. The molecule has 0 saturated carbocycles. The number of allylic oxidation sites excluding steroid dienone is 4. The summed E-state index contributed by atoms with van der Waals surface area (Å²) >= 11 is 0. The Hall–Kier alpha value is -2.84. The van der Waals surface area contributed by atoms with Crippen LogP contribution in [0.3, 0.4) is 0 Å². The number of aromatic nitrogens is 1. The van der Waals surface area contributed by atoms with Crippen molar-refractivity contribution in [3.8, 4) is 0 Å². The second-order valence-electron chi connectivity index (χ2n) is 4.82. The van der Waals surface area contributed by atoms with Crippen LogP contribution < -0.4 is 0 Å². The topological polar surface area (TPSA) is 37.7 Å². The first-order valence-corrected chi connectivity index (χ1v) is 7.56. The molecule has 23 heavy (non-hydrogen) atoms. The van der Waals surface area contributed by atoms with E-state index in [4.69, 9.17) is 4.74 Å². The summed E-state index contributed by atoms with van der Waals surface area (Å²) in [5.74, 6) is 0.388. The minimum atomic E-state index is 0.388. The molecular weight excluding hydrogens is 286 g/mol. The van der Waals surface area contributed by atoms with Gasteiger partial charge in [-0.2, -0.15) is 0 Å². The van der Waals surface area contributed by atoms with E-state index in [2.05, 4.69) is 28.4 Å². The zero-order valence-corrected chi connectivity index (χ0v) is 13.4. The van der Waals surface area contributed by atoms with Gasteiger partial charge in [0.2, 0.25) is 5.88 Å². The van der Waals surface area contributed by atoms with Crippen molar-refractivity contribution in [3.05, 3.63) is 78.9 Å². The molecule has 0 atom stereocenters. The van der Waals surface area contributed by atoms with Crippen molar-refractivity contribution in [2.75, 3.05) is 13.2 Å². The minimum absolute atomic E-state index is 0.388. The first-order chi connectivity index (χ1) is 11.3. The molecule has 4 nitrogen and oxygen atoms in total. The third-order valence-corrected chi connectivity index (χ3v) is 3.15. The van der Waals surface area contributed by atoms with Crippen LogP contribution in [0.5, 0.6) is 0 Å². The predicted octanol–water partition coefficient (Wildman–Crippen LogP) is 3.93. The van der Waals surface area contributed by atoms with E-state index in [9.17, 15) is 0 Å². The van der Waals surface area contributed by atoms with E-state index in [0.29, 0.717) is 12.5 Å². The van der Waals surface area contributed by atoms with E-state index in [1.807, 2.05) is 54.6 Å². The summed E-state index contributed by atoms with van der Waals surface area (Å²) in [6, 6.07) is 5.77. The lowest BCUT2D eigenvalue weighted by Crippen LogP contribution is -2.15. The molecule has 1 aliphatic rings. The average molecular weight is 307 g/mol. The molecule has 0 aliphatic carbocycles. The van der Waals surface area contributed by atoms with Crippen LogP contribution in [0.1, 0.15) is 19.0 Å². The van der Waals surface area contributed by atoms with Gasteiger partial charge in [-0.3, -0.25) is 4.98 Å². The number of aliphatic imine (C=N–C) groups is 1. The van der Waals surface area contributed by atoms with Crippen molar-refractivity contribution in [1.82, 2.24) is 9.88 Å². The Morgan fingerprint density at radius 1 is 1.52 bits per heavy atom. The van der Waals surface area contributed by atoms with Crippen molar-refractivity contribution in [2.24, 2.45) is 4.99 Å². The smallest absolute Gasteiger partial charge is 0.205 e. The van der Waals surface area contributed by atoms with Crippen LogP contribution in [0.4, 0.5) is 0 Å². The Morgan fingerprint density at radius 3 is 3.22 bits per heavy atom. The highest BCUT2D eigenvalue weighted by Gasteiger charge is 2.00. The van der Waals surface area contributed by atoms with Crippen LogP contribution in [-0.4, -0.2) is 29.3 Å². The number of pyridine rings is 1. The summed E-state index contributed by atoms with van der Waals surface area (Å²) in [5, 5.41) is 0. The molecule has 0 radical (unpaired) electrons. The third kappa shape index (κ3) is 5.81. The molecule has 0 amide bonds. The summed E-state index contributed by atoms with van der Waals surface area (Å²) in [6.45, 7) is 7.00. The van der Waals surface area contributed by atoms with Gasteiger partial charge in [0, 0.05) is 30.4 Å². The van der Waals surface area contributed by atoms with Gasteiger partial charge >= 0.3 is 0 Å². The molecule has 1 aromatic heterocycles. The van der Waals surface area contributed by atoms with Crippen molar-refractivity contribution < 1.29 is 4.74 Å². The van der Waals surface area contributed by atoms with Crippen molar-refractivity contribution in [2.45, 2.75) is 13.3 Å². The van der Waals surface area contributed by atoms with E-state index in [-0.39, 0.29) is 0 Å². The lowest BCUT2D eigenvalue weighted by Gasteiger charge is -2.14. The van der Waals surface area contributed by atoms with Gasteiger partial charge in [-0.15, -0.1) is 5.73 Å². The number of rotatable bonds is 7. The standard InChI is InChI=1S/C19H21N3O/c1-3-18(19-10-6-7-11-20-19)16-21-17(2)23-15-14-22-12-8-4-5-9-13-22/h3-4,6-7,9-13,16H,2,5,14-15H2,1H3/b18-3+,21-16-. The van der Waals surface area contributed by atoms with Crippen molar-refractivity contribution in [1.29, 1.82) is 0 Å². The molecule has 4 heteroatoms. The Bertz CT molecular complexity index is 665. The Labute approximate surface area is 137 Å². The average Bonchev–Trinajstić information content (AvgIpc) is 2.85. The van der Waals surface area contributed by atoms with Crippen LogP contribution >= 0.6 is 0 Å². The fraction of sp³-hybridized carbons (Fsp3) is 0.211. The second kappa shape index (κ2) is 9.23. The molecule has 118 valence electrons. The Balaban J connectivity index is 1.81. The number of hydrogen-bond acceptors (Lipinski definition) is 4. The van der Waals surface area contributed by atoms with E-state index in [1.54, 1.807) is 12.4 Å². The van der Waals surface area contributed by atoms with Crippen LogP contribution in [0.25, 0.3) is 5.57 Å². The Kier molecular flexibility index (Phi) is 6.64. The number of nitrogens with zero attached hydrogens (tertiary/aromatic N) is 3. The second-order valence-corrected chi connectivity index (χ2v) is 4.82. The summed E-state index contributed by atoms with van der Waals surface area (Å²) in [5.41, 5.74) is 4.90. The molecular formula is C19H21N3O. The van der Waals surface area contributed by atoms with Gasteiger partial charge in [0.05, 0.1) is 12.2 Å². The van der Waals surface area contributed by atoms with Gasteiger partial charge in [0.1, 0.15) is 6.61 Å². The zero-order valence-electron chi connectivity index (χ0n) is 13.4. The lowest BCUT2D eigenvalue weighted by atomic mass is 10.2. The maximum Gasteiger partial charge on any atom is 0.205 e. The highest BCUT2D eigenvalue weighted by molar-refractivity contribution is 6.09. The van der Waals surface area contributed by atoms with Crippen LogP contribution in [-0.2, 0) is 4.74 Å². The first-order valence-electron chi connectivity index (χ1n) is 7.56. The van der Waals surface area contributed by atoms with Gasteiger partial charge in [-0.1, -0.05) is 18.2 Å². The normalized spacial score (nSPS) is 14.3. The van der Waals surface area contributed by atoms with E-state index in [0.717, 1.165) is 24.2 Å². The van der Waals surface area contributed by atoms with Crippen LogP contribution in [0.2, 0.25) is 0 Å². The maximum atomic E-state index is 5.54. The molecule has 1 aromatic rings. The SMILES string of the molecule is C=C(/N=C\C(=C/C)c1ccccn1)OCCN1C=C=CCC=C1. The molecule has 2 rings (SSSR count). The summed E-state index contributed by atoms with van der Waals surface area (Å²) in [7, 11) is 0. The molecule has 0 saturated heterocycles. The van der Waals surface area contributed by atoms with Crippen LogP contribution in [0, 0.1) is 0 Å². The fourth-order valence-electron chi connectivity index (χ4n) is 1.93. The maximum absolute atomic E-state index is 5.54. The molecule has 1 aliphatic heterocycles. The molecule has 0 N–H and O–H groups in total. The third-order valence-electron chi connectivity index (χ3n) is 3.15. The number of hydrogen-bond donors (Lipinski definition) is 0. The molecule has 0 spiro atoms. The van der Waals surface area contributed by atoms with Gasteiger partial charge in [0.25, 0.3) is 0 Å². The molecule has 0 unspecified atom stereocenters. The van der Waals surface area contributed by atoms with E-state index >= 15 is 0 Å². The zero-order chi connectivity index (χ0) is 16.3. The van der Waals surface area contributed by atoms with Gasteiger partial charge in [-0.25, -0.2) is 4.99 Å². The first kappa shape index (κ1) is 16.5. The predicted molar refractivity (Wildman–Crippen MR) is 94.6 cm³/mol. The lowest BCUT2D eigenvalue weighted by molar-refractivity contribution is 0.195. The molecule has 0 aromatic carbocycles. The largest absolute Gasteiger partial charge is 0.476 e. The number of ether oxygens (including phenoxy) is 1. The summed E-state index contributed by atoms with van der Waals surface area (Å²) in [4.78, 5) is 10.6. The van der Waals surface area contributed by atoms with Gasteiger partial charge in [0.15, 0.2) is 0 Å². The molecule has 0 fully saturated rings. The summed E-state index contributed by atoms with van der Waals surface area (Å²) < 4.78 is 5.54. The van der Waals surface area contributed by atoms with Crippen molar-refractivity contribution in [3.63, 3.8) is 0 Å².